The summed E-state index contributed by atoms with van der Waals surface area (Å²) in [5.74, 6) is -2.60. The van der Waals surface area contributed by atoms with Crippen LogP contribution < -0.4 is 15.4 Å². The first kappa shape index (κ1) is 24.2. The number of nitrogens with one attached hydrogen (secondary N) is 3. The largest absolute Gasteiger partial charge is 0.348 e. The quantitative estimate of drug-likeness (QED) is 0.602. The molecule has 33 heavy (non-hydrogen) atoms. The smallest absolute Gasteiger partial charge is 0.280 e. The van der Waals surface area contributed by atoms with Gasteiger partial charge in [0.2, 0.25) is 11.8 Å². The van der Waals surface area contributed by atoms with Gasteiger partial charge >= 0.3 is 0 Å². The van der Waals surface area contributed by atoms with Crippen LogP contribution in [0.5, 0.6) is 0 Å². The standard InChI is InChI=1S/C21H21F2N5O4S/c1-12(13-3-5-15(22)6-4-13)25-20(29)18-10-19(28(2)33(31,32)27-18)21(30)26-16-7-8-17(23)14(9-16)11-24/h3-9,12,18-19,27H,10H2,1-2H3,(H,25,29)(H,26,30)/t12-,18?,19?/m0/s1. The molecule has 2 unspecified atom stereocenters. The lowest BCUT2D eigenvalue weighted by atomic mass is 10.0. The molecule has 1 fully saturated rings. The Morgan fingerprint density at radius 3 is 2.48 bits per heavy atom. The zero-order chi connectivity index (χ0) is 24.3. The van der Waals surface area contributed by atoms with E-state index in [2.05, 4.69) is 15.4 Å². The van der Waals surface area contributed by atoms with Crippen molar-refractivity contribution < 1.29 is 26.8 Å². The molecule has 0 spiro atoms. The Hall–Kier alpha value is -3.40. The first-order valence-corrected chi connectivity index (χ1v) is 11.3. The highest BCUT2D eigenvalue weighted by Gasteiger charge is 2.43. The van der Waals surface area contributed by atoms with Gasteiger partial charge < -0.3 is 10.6 Å². The van der Waals surface area contributed by atoms with Crippen LogP contribution in [0.2, 0.25) is 0 Å². The van der Waals surface area contributed by atoms with Crippen molar-refractivity contribution in [1.82, 2.24) is 14.3 Å². The number of hydrogen-bond acceptors (Lipinski definition) is 5. The summed E-state index contributed by atoms with van der Waals surface area (Å²) in [6, 6.07) is 7.45. The minimum absolute atomic E-state index is 0.105. The van der Waals surface area contributed by atoms with Crippen LogP contribution >= 0.6 is 0 Å². The molecular formula is C21H21F2N5O4S. The zero-order valence-electron chi connectivity index (χ0n) is 17.7. The van der Waals surface area contributed by atoms with Crippen molar-refractivity contribution in [1.29, 1.82) is 5.26 Å². The van der Waals surface area contributed by atoms with Gasteiger partial charge in [0.15, 0.2) is 0 Å². The fourth-order valence-corrected chi connectivity index (χ4v) is 4.59. The molecule has 1 saturated heterocycles. The molecule has 0 saturated carbocycles. The second-order valence-corrected chi connectivity index (χ2v) is 9.28. The molecule has 2 aromatic rings. The van der Waals surface area contributed by atoms with Crippen molar-refractivity contribution >= 4 is 27.7 Å². The molecule has 1 aliphatic heterocycles. The molecule has 0 bridgehead atoms. The second-order valence-electron chi connectivity index (χ2n) is 7.52. The van der Waals surface area contributed by atoms with Crippen LogP contribution in [-0.4, -0.2) is 43.7 Å². The molecule has 3 atom stereocenters. The number of nitriles is 1. The van der Waals surface area contributed by atoms with Crippen molar-refractivity contribution in [3.63, 3.8) is 0 Å². The lowest BCUT2D eigenvalue weighted by Crippen LogP contribution is -2.62. The first-order chi connectivity index (χ1) is 15.5. The van der Waals surface area contributed by atoms with E-state index in [0.29, 0.717) is 5.56 Å². The molecule has 1 aliphatic rings. The molecule has 2 amide bonds. The average molecular weight is 477 g/mol. The Kier molecular flexibility index (Phi) is 7.06. The lowest BCUT2D eigenvalue weighted by molar-refractivity contribution is -0.125. The number of anilines is 1. The summed E-state index contributed by atoms with van der Waals surface area (Å²) >= 11 is 0. The first-order valence-electron chi connectivity index (χ1n) is 9.83. The number of carbonyl (C=O) groups is 2. The van der Waals surface area contributed by atoms with Crippen molar-refractivity contribution in [2.75, 3.05) is 12.4 Å². The number of hydrogen-bond donors (Lipinski definition) is 3. The van der Waals surface area contributed by atoms with E-state index in [4.69, 9.17) is 5.26 Å². The van der Waals surface area contributed by atoms with Gasteiger partial charge in [-0.3, -0.25) is 9.59 Å². The monoisotopic (exact) mass is 477 g/mol. The van der Waals surface area contributed by atoms with Crippen molar-refractivity contribution in [2.45, 2.75) is 31.5 Å². The van der Waals surface area contributed by atoms with E-state index in [-0.39, 0.29) is 17.7 Å². The highest BCUT2D eigenvalue weighted by Crippen LogP contribution is 2.21. The molecule has 0 radical (unpaired) electrons. The molecule has 3 rings (SSSR count). The number of rotatable bonds is 5. The number of amides is 2. The highest BCUT2D eigenvalue weighted by atomic mass is 32.2. The molecule has 0 aliphatic carbocycles. The Morgan fingerprint density at radius 2 is 1.85 bits per heavy atom. The number of benzene rings is 2. The number of likely N-dealkylation sites (N-methyl/N-ethyl adjacent to an activating group) is 1. The summed E-state index contributed by atoms with van der Waals surface area (Å²) in [6.07, 6.45) is -0.185. The topological polar surface area (TPSA) is 131 Å². The van der Waals surface area contributed by atoms with Gasteiger partial charge in [-0.15, -0.1) is 0 Å². The Bertz CT molecular complexity index is 1210. The van der Waals surface area contributed by atoms with Gasteiger partial charge in [0.1, 0.15) is 29.8 Å². The van der Waals surface area contributed by atoms with Crippen LogP contribution in [-0.2, 0) is 19.8 Å². The van der Waals surface area contributed by atoms with Crippen molar-refractivity contribution in [3.05, 3.63) is 65.2 Å². The predicted octanol–water partition coefficient (Wildman–Crippen LogP) is 1.56. The van der Waals surface area contributed by atoms with Gasteiger partial charge in [0.25, 0.3) is 10.2 Å². The third kappa shape index (κ3) is 5.51. The minimum Gasteiger partial charge on any atom is -0.348 e. The summed E-state index contributed by atoms with van der Waals surface area (Å²) in [5.41, 5.74) is 0.429. The Labute approximate surface area is 189 Å². The number of nitrogens with zero attached hydrogens (tertiary/aromatic N) is 2. The maximum absolute atomic E-state index is 13.5. The van der Waals surface area contributed by atoms with Crippen LogP contribution in [0.15, 0.2) is 42.5 Å². The normalized spacial score (nSPS) is 20.9. The maximum atomic E-state index is 13.5. The van der Waals surface area contributed by atoms with Crippen molar-refractivity contribution in [2.24, 2.45) is 0 Å². The molecule has 12 heteroatoms. The summed E-state index contributed by atoms with van der Waals surface area (Å²) in [4.78, 5) is 25.6. The average Bonchev–Trinajstić information content (AvgIpc) is 2.76. The lowest BCUT2D eigenvalue weighted by Gasteiger charge is -2.35. The van der Waals surface area contributed by atoms with Gasteiger partial charge in [-0.25, -0.2) is 8.78 Å². The minimum atomic E-state index is -4.17. The predicted molar refractivity (Wildman–Crippen MR) is 115 cm³/mol. The fourth-order valence-electron chi connectivity index (χ4n) is 3.35. The summed E-state index contributed by atoms with van der Waals surface area (Å²) in [6.45, 7) is 1.65. The van der Waals surface area contributed by atoms with E-state index in [1.807, 2.05) is 0 Å². The highest BCUT2D eigenvalue weighted by molar-refractivity contribution is 7.87. The van der Waals surface area contributed by atoms with E-state index < -0.39 is 51.8 Å². The summed E-state index contributed by atoms with van der Waals surface area (Å²) in [7, 11) is -2.98. The van der Waals surface area contributed by atoms with Gasteiger partial charge in [0, 0.05) is 12.7 Å². The third-order valence-corrected chi connectivity index (χ3v) is 6.87. The van der Waals surface area contributed by atoms with E-state index >= 15 is 0 Å². The molecular weight excluding hydrogens is 456 g/mol. The van der Waals surface area contributed by atoms with E-state index in [9.17, 15) is 26.8 Å². The number of carbonyl (C=O) groups excluding carboxylic acids is 2. The summed E-state index contributed by atoms with van der Waals surface area (Å²) in [5, 5.41) is 14.0. The fraction of sp³-hybridized carbons (Fsp3) is 0.286. The Balaban J connectivity index is 1.75. The van der Waals surface area contributed by atoms with Gasteiger partial charge in [-0.2, -0.15) is 22.7 Å². The molecule has 1 heterocycles. The molecule has 9 nitrogen and oxygen atoms in total. The van der Waals surface area contributed by atoms with Gasteiger partial charge in [-0.05, 0) is 49.2 Å². The Morgan fingerprint density at radius 1 is 1.18 bits per heavy atom. The number of halogens is 2. The summed E-state index contributed by atoms with van der Waals surface area (Å²) < 4.78 is 54.7. The molecule has 174 valence electrons. The maximum Gasteiger partial charge on any atom is 0.280 e. The van der Waals surface area contributed by atoms with E-state index in [0.717, 1.165) is 16.4 Å². The molecule has 2 aromatic carbocycles. The van der Waals surface area contributed by atoms with Crippen LogP contribution in [0, 0.1) is 23.0 Å². The SMILES string of the molecule is C[C@H](NC(=O)C1CC(C(=O)Nc2ccc(F)c(C#N)c2)N(C)S(=O)(=O)N1)c1ccc(F)cc1. The van der Waals surface area contributed by atoms with Crippen molar-refractivity contribution in [3.8, 4) is 6.07 Å². The van der Waals surface area contributed by atoms with Crippen LogP contribution in [0.4, 0.5) is 14.5 Å². The third-order valence-electron chi connectivity index (χ3n) is 5.27. The van der Waals surface area contributed by atoms with E-state index in [1.165, 1.54) is 37.4 Å². The zero-order valence-corrected chi connectivity index (χ0v) is 18.5. The van der Waals surface area contributed by atoms with E-state index in [1.54, 1.807) is 13.0 Å². The van der Waals surface area contributed by atoms with Crippen LogP contribution in [0.25, 0.3) is 0 Å². The molecule has 3 N–H and O–H groups in total. The van der Waals surface area contributed by atoms with Gasteiger partial charge in [-0.1, -0.05) is 12.1 Å². The van der Waals surface area contributed by atoms with Crippen LogP contribution in [0.3, 0.4) is 0 Å². The second kappa shape index (κ2) is 9.62. The van der Waals surface area contributed by atoms with Gasteiger partial charge in [0.05, 0.1) is 11.6 Å². The molecule has 0 aromatic heterocycles. The van der Waals surface area contributed by atoms with Crippen LogP contribution in [0.1, 0.15) is 30.5 Å².